The Labute approximate surface area is 130 Å². The van der Waals surface area contributed by atoms with Crippen LogP contribution in [0.5, 0.6) is 5.75 Å². The number of benzene rings is 1. The van der Waals surface area contributed by atoms with Crippen molar-refractivity contribution in [2.24, 2.45) is 16.6 Å². The minimum atomic E-state index is -0.866. The fourth-order valence-corrected chi connectivity index (χ4v) is 2.22. The highest BCUT2D eigenvalue weighted by atomic mass is 16.5. The van der Waals surface area contributed by atoms with E-state index in [1.165, 1.54) is 0 Å². The van der Waals surface area contributed by atoms with E-state index >= 15 is 0 Å². The molecule has 0 spiro atoms. The molecule has 1 aromatic carbocycles. The number of hydrogen-bond donors (Lipinski definition) is 3. The van der Waals surface area contributed by atoms with Crippen molar-refractivity contribution in [3.05, 3.63) is 29.8 Å². The zero-order valence-corrected chi connectivity index (χ0v) is 12.8. The Morgan fingerprint density at radius 1 is 1.41 bits per heavy atom. The van der Waals surface area contributed by atoms with E-state index < -0.39 is 11.9 Å². The summed E-state index contributed by atoms with van der Waals surface area (Å²) in [6.45, 7) is 3.72. The number of nitrogens with two attached hydrogens (primary N) is 1. The second-order valence-corrected chi connectivity index (χ2v) is 5.57. The molecule has 1 atom stereocenters. The van der Waals surface area contributed by atoms with Gasteiger partial charge < -0.3 is 20.9 Å². The molecule has 0 aromatic heterocycles. The lowest BCUT2D eigenvalue weighted by Crippen LogP contribution is -2.31. The second kappa shape index (κ2) is 7.79. The van der Waals surface area contributed by atoms with Crippen LogP contribution in [0.25, 0.3) is 0 Å². The number of amidine groups is 1. The Balaban J connectivity index is 1.93. The molecular weight excluding hydrogens is 282 g/mol. The van der Waals surface area contributed by atoms with Crippen LogP contribution in [0.3, 0.4) is 0 Å². The number of nitrogens with zero attached hydrogens (tertiary/aromatic N) is 1. The summed E-state index contributed by atoms with van der Waals surface area (Å²) in [4.78, 5) is 15.3. The van der Waals surface area contributed by atoms with Gasteiger partial charge >= 0.3 is 5.97 Å². The summed E-state index contributed by atoms with van der Waals surface area (Å²) in [7, 11) is 0. The number of rotatable bonds is 6. The van der Waals surface area contributed by atoms with Crippen LogP contribution in [0.2, 0.25) is 0 Å². The van der Waals surface area contributed by atoms with E-state index in [1.807, 2.05) is 12.1 Å². The molecule has 120 valence electrons. The van der Waals surface area contributed by atoms with Crippen LogP contribution in [0, 0.1) is 5.92 Å². The summed E-state index contributed by atoms with van der Waals surface area (Å²) in [5.74, 6) is -0.231. The molecule has 1 fully saturated rings. The van der Waals surface area contributed by atoms with Crippen LogP contribution >= 0.6 is 0 Å². The Kier molecular flexibility index (Phi) is 5.77. The standard InChI is InChI=1S/C16H23N3O3/c1-11(16(20)21)10-22-14-4-2-12(3-5-14)15(17)19-13-6-8-18-9-7-13/h2-5,11,13,18H,6-10H2,1H3,(H2,17,19)(H,20,21)/t11-/m0/s1. The molecule has 0 amide bonds. The van der Waals surface area contributed by atoms with E-state index in [0.29, 0.717) is 11.6 Å². The van der Waals surface area contributed by atoms with Gasteiger partial charge in [-0.1, -0.05) is 0 Å². The normalized spacial score (nSPS) is 18.0. The molecule has 1 heterocycles. The van der Waals surface area contributed by atoms with Crippen molar-refractivity contribution in [3.63, 3.8) is 0 Å². The van der Waals surface area contributed by atoms with Gasteiger partial charge in [-0.15, -0.1) is 0 Å². The van der Waals surface area contributed by atoms with Crippen molar-refractivity contribution in [3.8, 4) is 5.75 Å². The van der Waals surface area contributed by atoms with Crippen molar-refractivity contribution < 1.29 is 14.6 Å². The zero-order valence-electron chi connectivity index (χ0n) is 12.8. The van der Waals surface area contributed by atoms with Gasteiger partial charge in [0.1, 0.15) is 18.2 Å². The molecule has 22 heavy (non-hydrogen) atoms. The molecule has 6 nitrogen and oxygen atoms in total. The van der Waals surface area contributed by atoms with Crippen molar-refractivity contribution >= 4 is 11.8 Å². The SMILES string of the molecule is C[C@@H](COc1ccc(C(N)=NC2CCNCC2)cc1)C(=O)O. The molecule has 4 N–H and O–H groups in total. The van der Waals surface area contributed by atoms with Gasteiger partial charge in [0, 0.05) is 5.56 Å². The van der Waals surface area contributed by atoms with Gasteiger partial charge in [-0.25, -0.2) is 0 Å². The Morgan fingerprint density at radius 2 is 2.05 bits per heavy atom. The third-order valence-electron chi connectivity index (χ3n) is 3.70. The van der Waals surface area contributed by atoms with Crippen molar-refractivity contribution in [2.45, 2.75) is 25.8 Å². The molecule has 2 rings (SSSR count). The lowest BCUT2D eigenvalue weighted by atomic mass is 10.1. The first kappa shape index (κ1) is 16.3. The summed E-state index contributed by atoms with van der Waals surface area (Å²) >= 11 is 0. The van der Waals surface area contributed by atoms with Gasteiger partial charge in [-0.2, -0.15) is 0 Å². The van der Waals surface area contributed by atoms with Gasteiger partial charge in [0.25, 0.3) is 0 Å². The predicted octanol–water partition coefficient (Wildman–Crippen LogP) is 1.24. The highest BCUT2D eigenvalue weighted by Gasteiger charge is 2.13. The van der Waals surface area contributed by atoms with Crippen LogP contribution < -0.4 is 15.8 Å². The average molecular weight is 305 g/mol. The number of piperidine rings is 1. The first-order valence-electron chi connectivity index (χ1n) is 7.56. The van der Waals surface area contributed by atoms with Crippen molar-refractivity contribution in [1.82, 2.24) is 5.32 Å². The molecule has 0 radical (unpaired) electrons. The van der Waals surface area contributed by atoms with Crippen LogP contribution in [0.15, 0.2) is 29.3 Å². The quantitative estimate of drug-likeness (QED) is 0.543. The lowest BCUT2D eigenvalue weighted by Gasteiger charge is -2.19. The maximum Gasteiger partial charge on any atom is 0.309 e. The molecule has 0 aliphatic carbocycles. The highest BCUT2D eigenvalue weighted by molar-refractivity contribution is 5.97. The van der Waals surface area contributed by atoms with E-state index in [-0.39, 0.29) is 12.6 Å². The van der Waals surface area contributed by atoms with Gasteiger partial charge in [-0.05, 0) is 57.1 Å². The monoisotopic (exact) mass is 305 g/mol. The Hall–Kier alpha value is -2.08. The van der Waals surface area contributed by atoms with Gasteiger partial charge in [0.2, 0.25) is 0 Å². The molecule has 6 heteroatoms. The first-order chi connectivity index (χ1) is 10.6. The van der Waals surface area contributed by atoms with Gasteiger partial charge in [0.15, 0.2) is 0 Å². The third-order valence-corrected chi connectivity index (χ3v) is 3.70. The largest absolute Gasteiger partial charge is 0.493 e. The second-order valence-electron chi connectivity index (χ2n) is 5.57. The van der Waals surface area contributed by atoms with E-state index in [9.17, 15) is 4.79 Å². The summed E-state index contributed by atoms with van der Waals surface area (Å²) < 4.78 is 5.44. The number of carboxylic acid groups (broad SMARTS) is 1. The lowest BCUT2D eigenvalue weighted by molar-refractivity contribution is -0.142. The Bertz CT molecular complexity index is 522. The number of aliphatic carboxylic acids is 1. The number of ether oxygens (including phenoxy) is 1. The molecule has 1 aromatic rings. The minimum Gasteiger partial charge on any atom is -0.493 e. The molecule has 1 aliphatic heterocycles. The molecular formula is C16H23N3O3. The van der Waals surface area contributed by atoms with Gasteiger partial charge in [-0.3, -0.25) is 9.79 Å². The number of carboxylic acids is 1. The topological polar surface area (TPSA) is 96.9 Å². The van der Waals surface area contributed by atoms with Crippen molar-refractivity contribution in [2.75, 3.05) is 19.7 Å². The molecule has 1 aliphatic rings. The van der Waals surface area contributed by atoms with Crippen LogP contribution in [0.1, 0.15) is 25.3 Å². The number of hydrogen-bond acceptors (Lipinski definition) is 4. The Morgan fingerprint density at radius 3 is 2.64 bits per heavy atom. The van der Waals surface area contributed by atoms with E-state index in [0.717, 1.165) is 31.5 Å². The van der Waals surface area contributed by atoms with Crippen LogP contribution in [-0.2, 0) is 4.79 Å². The fraction of sp³-hybridized carbons (Fsp3) is 0.500. The zero-order chi connectivity index (χ0) is 15.9. The molecule has 0 bridgehead atoms. The van der Waals surface area contributed by atoms with Crippen LogP contribution in [0.4, 0.5) is 0 Å². The van der Waals surface area contributed by atoms with E-state index in [4.69, 9.17) is 15.6 Å². The fourth-order valence-electron chi connectivity index (χ4n) is 2.22. The molecule has 0 saturated carbocycles. The smallest absolute Gasteiger partial charge is 0.309 e. The average Bonchev–Trinajstić information content (AvgIpc) is 2.54. The minimum absolute atomic E-state index is 0.146. The van der Waals surface area contributed by atoms with Gasteiger partial charge in [0.05, 0.1) is 12.0 Å². The number of nitrogens with one attached hydrogen (secondary N) is 1. The van der Waals surface area contributed by atoms with Crippen LogP contribution in [-0.4, -0.2) is 42.6 Å². The summed E-state index contributed by atoms with van der Waals surface area (Å²) in [6, 6.07) is 7.55. The molecule has 1 saturated heterocycles. The molecule has 0 unspecified atom stereocenters. The number of aliphatic imine (C=N–C) groups is 1. The highest BCUT2D eigenvalue weighted by Crippen LogP contribution is 2.14. The maximum absolute atomic E-state index is 10.7. The summed E-state index contributed by atoms with van der Waals surface area (Å²) in [5.41, 5.74) is 6.91. The van der Waals surface area contributed by atoms with E-state index in [1.54, 1.807) is 19.1 Å². The predicted molar refractivity (Wildman–Crippen MR) is 85.4 cm³/mol. The number of carbonyl (C=O) groups is 1. The first-order valence-corrected chi connectivity index (χ1v) is 7.56. The summed E-state index contributed by atoms with van der Waals surface area (Å²) in [5, 5.41) is 12.1. The maximum atomic E-state index is 10.7. The van der Waals surface area contributed by atoms with Crippen molar-refractivity contribution in [1.29, 1.82) is 0 Å². The van der Waals surface area contributed by atoms with E-state index in [2.05, 4.69) is 10.3 Å². The summed E-state index contributed by atoms with van der Waals surface area (Å²) in [6.07, 6.45) is 2.02. The third kappa shape index (κ3) is 4.73.